The van der Waals surface area contributed by atoms with Crippen molar-refractivity contribution in [1.29, 1.82) is 0 Å². The minimum atomic E-state index is -0.909. The monoisotopic (exact) mass is 256 g/mol. The van der Waals surface area contributed by atoms with Gasteiger partial charge in [0.15, 0.2) is 0 Å². The van der Waals surface area contributed by atoms with Gasteiger partial charge in [0.2, 0.25) is 0 Å². The summed E-state index contributed by atoms with van der Waals surface area (Å²) >= 11 is 3.31. The Morgan fingerprint density at radius 3 is 3.00 bits per heavy atom. The molecule has 2 rings (SSSR count). The van der Waals surface area contributed by atoms with Crippen LogP contribution in [0.3, 0.4) is 0 Å². The number of halogens is 1. The third-order valence-corrected chi connectivity index (χ3v) is 2.78. The molecule has 1 aromatic rings. The number of fused-ring (bicyclic) bond motifs is 1. The summed E-state index contributed by atoms with van der Waals surface area (Å²) in [6.07, 6.45) is 0.903. The van der Waals surface area contributed by atoms with Crippen LogP contribution in [-0.4, -0.2) is 17.2 Å². The summed E-state index contributed by atoms with van der Waals surface area (Å²) in [4.78, 5) is 10.8. The van der Waals surface area contributed by atoms with E-state index in [0.717, 1.165) is 22.2 Å². The van der Waals surface area contributed by atoms with Gasteiger partial charge >= 0.3 is 5.97 Å². The first-order valence-electron chi connectivity index (χ1n) is 4.30. The third kappa shape index (κ3) is 1.50. The number of hydrogen-bond donors (Lipinski definition) is 1. The van der Waals surface area contributed by atoms with E-state index in [-0.39, 0.29) is 6.10 Å². The average molecular weight is 257 g/mol. The van der Waals surface area contributed by atoms with Gasteiger partial charge in [-0.1, -0.05) is 0 Å². The molecular formula is C10H9BrO3. The first-order chi connectivity index (χ1) is 6.58. The van der Waals surface area contributed by atoms with Crippen LogP contribution in [0.4, 0.5) is 0 Å². The van der Waals surface area contributed by atoms with Crippen LogP contribution in [-0.2, 0) is 6.42 Å². The van der Waals surface area contributed by atoms with Gasteiger partial charge in [0, 0.05) is 6.42 Å². The minimum absolute atomic E-state index is 0.130. The number of carboxylic acids is 1. The van der Waals surface area contributed by atoms with Crippen LogP contribution in [0.5, 0.6) is 5.75 Å². The van der Waals surface area contributed by atoms with Gasteiger partial charge in [-0.05, 0) is 40.5 Å². The predicted molar refractivity (Wildman–Crippen MR) is 54.9 cm³/mol. The maximum atomic E-state index is 10.8. The van der Waals surface area contributed by atoms with Gasteiger partial charge in [0.05, 0.1) is 10.0 Å². The van der Waals surface area contributed by atoms with Crippen molar-refractivity contribution in [2.75, 3.05) is 0 Å². The highest BCUT2D eigenvalue weighted by atomic mass is 79.9. The van der Waals surface area contributed by atoms with Gasteiger partial charge in [-0.3, -0.25) is 0 Å². The smallest absolute Gasteiger partial charge is 0.335 e. The summed E-state index contributed by atoms with van der Waals surface area (Å²) in [5, 5.41) is 8.84. The highest BCUT2D eigenvalue weighted by Gasteiger charge is 2.23. The van der Waals surface area contributed by atoms with Crippen molar-refractivity contribution in [3.8, 4) is 5.75 Å². The lowest BCUT2D eigenvalue weighted by molar-refractivity contribution is 0.0696. The Labute approximate surface area is 89.8 Å². The SMILES string of the molecule is C[C@H]1Cc2cc(C(=O)O)cc(Br)c2O1. The van der Waals surface area contributed by atoms with E-state index in [0.29, 0.717) is 5.56 Å². The molecule has 74 valence electrons. The van der Waals surface area contributed by atoms with Crippen molar-refractivity contribution >= 4 is 21.9 Å². The van der Waals surface area contributed by atoms with Crippen LogP contribution >= 0.6 is 15.9 Å². The van der Waals surface area contributed by atoms with Crippen molar-refractivity contribution in [2.24, 2.45) is 0 Å². The maximum absolute atomic E-state index is 10.8. The van der Waals surface area contributed by atoms with Gasteiger partial charge < -0.3 is 9.84 Å². The molecule has 4 heteroatoms. The molecule has 0 fully saturated rings. The summed E-state index contributed by atoms with van der Waals surface area (Å²) in [7, 11) is 0. The zero-order valence-corrected chi connectivity index (χ0v) is 9.17. The number of carboxylic acid groups (broad SMARTS) is 1. The molecule has 0 spiro atoms. The molecule has 1 aliphatic heterocycles. The molecule has 0 saturated carbocycles. The summed E-state index contributed by atoms with van der Waals surface area (Å²) in [6, 6.07) is 3.24. The molecule has 0 aromatic heterocycles. The van der Waals surface area contributed by atoms with E-state index in [2.05, 4.69) is 15.9 Å². The van der Waals surface area contributed by atoms with Gasteiger partial charge in [0.1, 0.15) is 11.9 Å². The zero-order valence-electron chi connectivity index (χ0n) is 7.58. The maximum Gasteiger partial charge on any atom is 0.335 e. The average Bonchev–Trinajstić information content (AvgIpc) is 2.45. The van der Waals surface area contributed by atoms with Crippen molar-refractivity contribution in [1.82, 2.24) is 0 Å². The zero-order chi connectivity index (χ0) is 10.3. The van der Waals surface area contributed by atoms with E-state index >= 15 is 0 Å². The number of aromatic carboxylic acids is 1. The predicted octanol–water partition coefficient (Wildman–Crippen LogP) is 2.47. The number of hydrogen-bond acceptors (Lipinski definition) is 2. The molecule has 0 saturated heterocycles. The molecule has 0 radical (unpaired) electrons. The van der Waals surface area contributed by atoms with Gasteiger partial charge in [-0.15, -0.1) is 0 Å². The van der Waals surface area contributed by atoms with Gasteiger partial charge in [0.25, 0.3) is 0 Å². The highest BCUT2D eigenvalue weighted by molar-refractivity contribution is 9.10. The van der Waals surface area contributed by atoms with Gasteiger partial charge in [-0.25, -0.2) is 4.79 Å². The number of benzene rings is 1. The minimum Gasteiger partial charge on any atom is -0.489 e. The van der Waals surface area contributed by atoms with E-state index in [1.54, 1.807) is 12.1 Å². The lowest BCUT2D eigenvalue weighted by Gasteiger charge is -2.05. The first kappa shape index (κ1) is 9.52. The number of rotatable bonds is 1. The normalized spacial score (nSPS) is 18.9. The van der Waals surface area contributed by atoms with Crippen LogP contribution in [0.1, 0.15) is 22.8 Å². The van der Waals surface area contributed by atoms with Crippen LogP contribution in [0, 0.1) is 0 Å². The Bertz CT molecular complexity index is 401. The van der Waals surface area contributed by atoms with Crippen LogP contribution in [0.15, 0.2) is 16.6 Å². The summed E-state index contributed by atoms with van der Waals surface area (Å²) < 4.78 is 6.25. The summed E-state index contributed by atoms with van der Waals surface area (Å²) in [5.41, 5.74) is 1.26. The van der Waals surface area contributed by atoms with Crippen LogP contribution in [0.2, 0.25) is 0 Å². The van der Waals surface area contributed by atoms with E-state index in [1.165, 1.54) is 0 Å². The lowest BCUT2D eigenvalue weighted by Crippen LogP contribution is -2.05. The fourth-order valence-electron chi connectivity index (χ4n) is 1.61. The summed E-state index contributed by atoms with van der Waals surface area (Å²) in [6.45, 7) is 1.97. The molecule has 0 bridgehead atoms. The fourth-order valence-corrected chi connectivity index (χ4v) is 2.20. The quantitative estimate of drug-likeness (QED) is 0.840. The van der Waals surface area contributed by atoms with Crippen molar-refractivity contribution in [3.63, 3.8) is 0 Å². The van der Waals surface area contributed by atoms with Gasteiger partial charge in [-0.2, -0.15) is 0 Å². The Morgan fingerprint density at radius 2 is 2.36 bits per heavy atom. The van der Waals surface area contributed by atoms with Crippen molar-refractivity contribution < 1.29 is 14.6 Å². The van der Waals surface area contributed by atoms with E-state index in [4.69, 9.17) is 9.84 Å². The van der Waals surface area contributed by atoms with Crippen molar-refractivity contribution in [3.05, 3.63) is 27.7 Å². The molecule has 1 aliphatic rings. The molecular weight excluding hydrogens is 248 g/mol. The Kier molecular flexibility index (Phi) is 2.23. The van der Waals surface area contributed by atoms with E-state index < -0.39 is 5.97 Å². The first-order valence-corrected chi connectivity index (χ1v) is 5.09. The molecule has 1 N–H and O–H groups in total. The molecule has 14 heavy (non-hydrogen) atoms. The molecule has 3 nitrogen and oxygen atoms in total. The van der Waals surface area contributed by atoms with Crippen LogP contribution < -0.4 is 4.74 Å². The third-order valence-electron chi connectivity index (χ3n) is 2.19. The second-order valence-corrected chi connectivity index (χ2v) is 4.24. The largest absolute Gasteiger partial charge is 0.489 e. The molecule has 1 aromatic carbocycles. The molecule has 0 aliphatic carbocycles. The van der Waals surface area contributed by atoms with E-state index in [9.17, 15) is 4.79 Å². The number of carbonyl (C=O) groups is 1. The highest BCUT2D eigenvalue weighted by Crippen LogP contribution is 2.37. The second kappa shape index (κ2) is 3.28. The molecule has 1 atom stereocenters. The van der Waals surface area contributed by atoms with Crippen LogP contribution in [0.25, 0.3) is 0 Å². The van der Waals surface area contributed by atoms with Crippen molar-refractivity contribution in [2.45, 2.75) is 19.4 Å². The standard InChI is InChI=1S/C10H9BrO3/c1-5-2-6-3-7(10(12)13)4-8(11)9(6)14-5/h3-5H,2H2,1H3,(H,12,13)/t5-/m0/s1. The Morgan fingerprint density at radius 1 is 1.64 bits per heavy atom. The number of ether oxygens (including phenoxy) is 1. The Hall–Kier alpha value is -1.03. The Balaban J connectivity index is 2.51. The summed E-state index contributed by atoms with van der Waals surface area (Å²) in [5.74, 6) is -0.129. The lowest BCUT2D eigenvalue weighted by atomic mass is 10.1. The molecule has 0 unspecified atom stereocenters. The topological polar surface area (TPSA) is 46.5 Å². The molecule has 0 amide bonds. The fraction of sp³-hybridized carbons (Fsp3) is 0.300. The molecule has 1 heterocycles. The van der Waals surface area contributed by atoms with E-state index in [1.807, 2.05) is 6.92 Å². The second-order valence-electron chi connectivity index (χ2n) is 3.38.